The molecule has 1 unspecified atom stereocenters. The van der Waals surface area contributed by atoms with Gasteiger partial charge >= 0.3 is 5.97 Å². The lowest BCUT2D eigenvalue weighted by Gasteiger charge is -2.16. The van der Waals surface area contributed by atoms with Gasteiger partial charge in [0.25, 0.3) is 0 Å². The third-order valence-electron chi connectivity index (χ3n) is 3.47. The second kappa shape index (κ2) is 6.35. The van der Waals surface area contributed by atoms with Gasteiger partial charge in [0.05, 0.1) is 5.56 Å². The lowest BCUT2D eigenvalue weighted by molar-refractivity contribution is 0.0697. The van der Waals surface area contributed by atoms with Crippen molar-refractivity contribution in [3.63, 3.8) is 0 Å². The lowest BCUT2D eigenvalue weighted by atomic mass is 10.0. The molecule has 3 heteroatoms. The first-order valence-electron chi connectivity index (χ1n) is 6.69. The van der Waals surface area contributed by atoms with E-state index in [0.717, 1.165) is 12.1 Å². The number of carbonyl (C=O) groups is 1. The predicted molar refractivity (Wildman–Crippen MR) is 79.8 cm³/mol. The van der Waals surface area contributed by atoms with E-state index in [1.54, 1.807) is 12.1 Å². The fourth-order valence-electron chi connectivity index (χ4n) is 2.22. The number of hydrogen-bond donors (Lipinski definition) is 2. The van der Waals surface area contributed by atoms with Crippen LogP contribution in [-0.2, 0) is 6.54 Å². The maximum absolute atomic E-state index is 10.8. The van der Waals surface area contributed by atoms with Gasteiger partial charge in [0.2, 0.25) is 0 Å². The first kappa shape index (κ1) is 14.3. The van der Waals surface area contributed by atoms with Crippen LogP contribution < -0.4 is 5.32 Å². The van der Waals surface area contributed by atoms with Crippen molar-refractivity contribution < 1.29 is 9.90 Å². The van der Waals surface area contributed by atoms with E-state index in [2.05, 4.69) is 31.3 Å². The number of nitrogens with one attached hydrogen (secondary N) is 1. The summed E-state index contributed by atoms with van der Waals surface area (Å²) in [4.78, 5) is 10.8. The van der Waals surface area contributed by atoms with Crippen LogP contribution >= 0.6 is 0 Å². The molecular weight excluding hydrogens is 250 g/mol. The first-order chi connectivity index (χ1) is 9.58. The molecule has 2 N–H and O–H groups in total. The predicted octanol–water partition coefficient (Wildman–Crippen LogP) is 3.54. The number of hydrogen-bond acceptors (Lipinski definition) is 2. The van der Waals surface area contributed by atoms with Crippen LogP contribution in [0.4, 0.5) is 0 Å². The van der Waals surface area contributed by atoms with Gasteiger partial charge < -0.3 is 10.4 Å². The number of benzene rings is 2. The van der Waals surface area contributed by atoms with E-state index in [4.69, 9.17) is 5.11 Å². The Bertz CT molecular complexity index is 590. The van der Waals surface area contributed by atoms with E-state index in [0.29, 0.717) is 5.56 Å². The minimum atomic E-state index is -0.891. The number of carboxylic acids is 1. The molecule has 0 aliphatic rings. The average Bonchev–Trinajstić information content (AvgIpc) is 2.45. The summed E-state index contributed by atoms with van der Waals surface area (Å²) in [6.07, 6.45) is 0. The SMILES string of the molecule is Cc1ccccc1C(C)NCc1ccc(C(=O)O)cc1. The number of carboxylic acid groups (broad SMARTS) is 1. The summed E-state index contributed by atoms with van der Waals surface area (Å²) in [6.45, 7) is 4.96. The second-order valence-corrected chi connectivity index (χ2v) is 4.96. The quantitative estimate of drug-likeness (QED) is 0.872. The molecule has 2 aromatic carbocycles. The Kier molecular flexibility index (Phi) is 4.53. The number of aryl methyl sites for hydroxylation is 1. The van der Waals surface area contributed by atoms with Crippen LogP contribution in [-0.4, -0.2) is 11.1 Å². The Morgan fingerprint density at radius 3 is 2.40 bits per heavy atom. The zero-order valence-electron chi connectivity index (χ0n) is 11.8. The van der Waals surface area contributed by atoms with Crippen molar-refractivity contribution >= 4 is 5.97 Å². The molecule has 0 saturated heterocycles. The van der Waals surface area contributed by atoms with Crippen LogP contribution in [0.15, 0.2) is 48.5 Å². The zero-order valence-corrected chi connectivity index (χ0v) is 11.8. The van der Waals surface area contributed by atoms with E-state index in [-0.39, 0.29) is 6.04 Å². The fraction of sp³-hybridized carbons (Fsp3) is 0.235. The molecule has 0 spiro atoms. The van der Waals surface area contributed by atoms with Gasteiger partial charge in [-0.25, -0.2) is 4.79 Å². The molecule has 0 radical (unpaired) electrons. The van der Waals surface area contributed by atoms with Gasteiger partial charge in [0, 0.05) is 12.6 Å². The second-order valence-electron chi connectivity index (χ2n) is 4.96. The Labute approximate surface area is 119 Å². The molecule has 0 fully saturated rings. The van der Waals surface area contributed by atoms with Gasteiger partial charge in [-0.05, 0) is 42.7 Å². The monoisotopic (exact) mass is 269 g/mol. The molecule has 3 nitrogen and oxygen atoms in total. The summed E-state index contributed by atoms with van der Waals surface area (Å²) >= 11 is 0. The van der Waals surface area contributed by atoms with Crippen molar-refractivity contribution in [1.82, 2.24) is 5.32 Å². The summed E-state index contributed by atoms with van der Waals surface area (Å²) in [5, 5.41) is 12.3. The highest BCUT2D eigenvalue weighted by atomic mass is 16.4. The van der Waals surface area contributed by atoms with Crippen molar-refractivity contribution in [3.8, 4) is 0 Å². The van der Waals surface area contributed by atoms with E-state index < -0.39 is 5.97 Å². The van der Waals surface area contributed by atoms with Crippen LogP contribution in [0.3, 0.4) is 0 Å². The van der Waals surface area contributed by atoms with Crippen molar-refractivity contribution in [3.05, 3.63) is 70.8 Å². The van der Waals surface area contributed by atoms with Crippen LogP contribution in [0.2, 0.25) is 0 Å². The Balaban J connectivity index is 1.98. The summed E-state index contributed by atoms with van der Waals surface area (Å²) < 4.78 is 0. The lowest BCUT2D eigenvalue weighted by Crippen LogP contribution is -2.18. The van der Waals surface area contributed by atoms with Gasteiger partial charge in [0.15, 0.2) is 0 Å². The van der Waals surface area contributed by atoms with Crippen LogP contribution in [0.5, 0.6) is 0 Å². The van der Waals surface area contributed by atoms with Crippen LogP contribution in [0.25, 0.3) is 0 Å². The first-order valence-corrected chi connectivity index (χ1v) is 6.69. The summed E-state index contributed by atoms with van der Waals surface area (Å²) in [6, 6.07) is 15.5. The molecule has 0 amide bonds. The molecule has 0 saturated carbocycles. The molecule has 0 aromatic heterocycles. The Hall–Kier alpha value is -2.13. The molecule has 104 valence electrons. The van der Waals surface area contributed by atoms with Crippen molar-refractivity contribution in [2.75, 3.05) is 0 Å². The molecular formula is C17H19NO2. The van der Waals surface area contributed by atoms with Crippen molar-refractivity contribution in [1.29, 1.82) is 0 Å². The molecule has 1 atom stereocenters. The van der Waals surface area contributed by atoms with Crippen molar-refractivity contribution in [2.24, 2.45) is 0 Å². The average molecular weight is 269 g/mol. The molecule has 0 aliphatic carbocycles. The van der Waals surface area contributed by atoms with E-state index in [1.165, 1.54) is 11.1 Å². The number of aromatic carboxylic acids is 1. The molecule has 0 bridgehead atoms. The third kappa shape index (κ3) is 3.45. The van der Waals surface area contributed by atoms with Gasteiger partial charge in [-0.15, -0.1) is 0 Å². The Morgan fingerprint density at radius 1 is 1.15 bits per heavy atom. The smallest absolute Gasteiger partial charge is 0.335 e. The maximum Gasteiger partial charge on any atom is 0.335 e. The molecule has 2 rings (SSSR count). The highest BCUT2D eigenvalue weighted by Crippen LogP contribution is 2.17. The van der Waals surface area contributed by atoms with E-state index in [9.17, 15) is 4.79 Å². The standard InChI is InChI=1S/C17H19NO2/c1-12-5-3-4-6-16(12)13(2)18-11-14-7-9-15(10-8-14)17(19)20/h3-10,13,18H,11H2,1-2H3,(H,19,20). The minimum absolute atomic E-state index is 0.260. The fourth-order valence-corrected chi connectivity index (χ4v) is 2.22. The minimum Gasteiger partial charge on any atom is -0.478 e. The van der Waals surface area contributed by atoms with Gasteiger partial charge in [-0.1, -0.05) is 36.4 Å². The molecule has 20 heavy (non-hydrogen) atoms. The van der Waals surface area contributed by atoms with Crippen LogP contribution in [0, 0.1) is 6.92 Å². The van der Waals surface area contributed by atoms with Gasteiger partial charge in [-0.2, -0.15) is 0 Å². The maximum atomic E-state index is 10.8. The van der Waals surface area contributed by atoms with Gasteiger partial charge in [0.1, 0.15) is 0 Å². The molecule has 0 heterocycles. The summed E-state index contributed by atoms with van der Waals surface area (Å²) in [5.74, 6) is -0.891. The summed E-state index contributed by atoms with van der Waals surface area (Å²) in [7, 11) is 0. The van der Waals surface area contributed by atoms with E-state index in [1.807, 2.05) is 24.3 Å². The normalized spacial score (nSPS) is 12.1. The number of rotatable bonds is 5. The largest absolute Gasteiger partial charge is 0.478 e. The molecule has 0 aliphatic heterocycles. The Morgan fingerprint density at radius 2 is 1.80 bits per heavy atom. The highest BCUT2D eigenvalue weighted by Gasteiger charge is 2.07. The van der Waals surface area contributed by atoms with Crippen LogP contribution in [0.1, 0.15) is 40.0 Å². The van der Waals surface area contributed by atoms with Crippen molar-refractivity contribution in [2.45, 2.75) is 26.4 Å². The topological polar surface area (TPSA) is 49.3 Å². The van der Waals surface area contributed by atoms with Gasteiger partial charge in [-0.3, -0.25) is 0 Å². The summed E-state index contributed by atoms with van der Waals surface area (Å²) in [5.41, 5.74) is 3.96. The van der Waals surface area contributed by atoms with E-state index >= 15 is 0 Å². The highest BCUT2D eigenvalue weighted by molar-refractivity contribution is 5.87. The zero-order chi connectivity index (χ0) is 14.5. The third-order valence-corrected chi connectivity index (χ3v) is 3.47. The molecule has 2 aromatic rings.